The van der Waals surface area contributed by atoms with Crippen molar-refractivity contribution in [2.45, 2.75) is 6.92 Å². The van der Waals surface area contributed by atoms with Gasteiger partial charge in [-0.15, -0.1) is 0 Å². The quantitative estimate of drug-likeness (QED) is 0.596. The number of carbonyl (C=O) groups excluding carboxylic acids is 1. The molecule has 0 radical (unpaired) electrons. The summed E-state index contributed by atoms with van der Waals surface area (Å²) in [6.07, 6.45) is 3.27. The Bertz CT molecular complexity index is 1120. The van der Waals surface area contributed by atoms with E-state index in [1.807, 2.05) is 37.3 Å². The van der Waals surface area contributed by atoms with Crippen LogP contribution in [0.25, 0.3) is 33.7 Å². The number of carbonyl (C=O) groups is 1. The second-order valence-corrected chi connectivity index (χ2v) is 5.86. The Kier molecular flexibility index (Phi) is 3.89. The van der Waals surface area contributed by atoms with E-state index in [2.05, 4.69) is 30.5 Å². The number of aryl methyl sites for hydroxylation is 1. The molecule has 128 valence electrons. The first-order valence-electron chi connectivity index (χ1n) is 8.12. The van der Waals surface area contributed by atoms with E-state index in [9.17, 15) is 4.79 Å². The largest absolute Gasteiger partial charge is 0.355 e. The number of aromatic amines is 1. The van der Waals surface area contributed by atoms with Crippen LogP contribution in [0.3, 0.4) is 0 Å². The van der Waals surface area contributed by atoms with Crippen LogP contribution in [0.1, 0.15) is 16.1 Å². The normalized spacial score (nSPS) is 10.8. The minimum Gasteiger partial charge on any atom is -0.355 e. The molecule has 7 nitrogen and oxygen atoms in total. The number of nitrogens with zero attached hydrogens (tertiary/aromatic N) is 4. The van der Waals surface area contributed by atoms with Crippen molar-refractivity contribution >= 4 is 16.9 Å². The number of hydrogen-bond donors (Lipinski definition) is 2. The van der Waals surface area contributed by atoms with E-state index in [1.54, 1.807) is 25.5 Å². The summed E-state index contributed by atoms with van der Waals surface area (Å²) in [7, 11) is 1.59. The lowest BCUT2D eigenvalue weighted by Crippen LogP contribution is -2.17. The SMILES string of the molecule is CNC(=O)c1cnc2ccc(-c3cn[nH]c3-c3cccc(C)n3)nc2c1. The fourth-order valence-corrected chi connectivity index (χ4v) is 2.78. The van der Waals surface area contributed by atoms with Gasteiger partial charge in [0.15, 0.2) is 0 Å². The summed E-state index contributed by atoms with van der Waals surface area (Å²) in [5.41, 5.74) is 5.95. The predicted molar refractivity (Wildman–Crippen MR) is 98.5 cm³/mol. The van der Waals surface area contributed by atoms with Gasteiger partial charge in [0.05, 0.1) is 39.9 Å². The van der Waals surface area contributed by atoms with Crippen LogP contribution in [0.5, 0.6) is 0 Å². The maximum absolute atomic E-state index is 11.8. The molecule has 1 amide bonds. The Morgan fingerprint density at radius 1 is 1.04 bits per heavy atom. The lowest BCUT2D eigenvalue weighted by molar-refractivity contribution is 0.0963. The molecule has 0 fully saturated rings. The molecule has 0 aliphatic rings. The van der Waals surface area contributed by atoms with Crippen LogP contribution in [0, 0.1) is 6.92 Å². The molecule has 26 heavy (non-hydrogen) atoms. The zero-order valence-electron chi connectivity index (χ0n) is 14.3. The third kappa shape index (κ3) is 2.79. The van der Waals surface area contributed by atoms with Gasteiger partial charge in [-0.1, -0.05) is 6.07 Å². The zero-order chi connectivity index (χ0) is 18.1. The molecule has 7 heteroatoms. The first kappa shape index (κ1) is 15.9. The summed E-state index contributed by atoms with van der Waals surface area (Å²) in [6, 6.07) is 11.3. The molecule has 0 saturated carbocycles. The highest BCUT2D eigenvalue weighted by atomic mass is 16.1. The highest BCUT2D eigenvalue weighted by Gasteiger charge is 2.14. The van der Waals surface area contributed by atoms with Crippen molar-refractivity contribution in [2.24, 2.45) is 0 Å². The lowest BCUT2D eigenvalue weighted by Gasteiger charge is -2.06. The van der Waals surface area contributed by atoms with E-state index >= 15 is 0 Å². The first-order chi connectivity index (χ1) is 12.7. The van der Waals surface area contributed by atoms with Crippen LogP contribution in [-0.4, -0.2) is 38.1 Å². The van der Waals surface area contributed by atoms with Gasteiger partial charge in [0.25, 0.3) is 5.91 Å². The van der Waals surface area contributed by atoms with Gasteiger partial charge in [-0.2, -0.15) is 5.10 Å². The molecule has 0 bridgehead atoms. The van der Waals surface area contributed by atoms with Crippen molar-refractivity contribution in [3.05, 3.63) is 60.0 Å². The molecule has 0 saturated heterocycles. The van der Waals surface area contributed by atoms with E-state index in [4.69, 9.17) is 0 Å². The number of fused-ring (bicyclic) bond motifs is 1. The van der Waals surface area contributed by atoms with E-state index in [-0.39, 0.29) is 5.91 Å². The highest BCUT2D eigenvalue weighted by Crippen LogP contribution is 2.29. The number of pyridine rings is 3. The van der Waals surface area contributed by atoms with Gasteiger partial charge >= 0.3 is 0 Å². The molecule has 0 aromatic carbocycles. The maximum Gasteiger partial charge on any atom is 0.252 e. The summed E-state index contributed by atoms with van der Waals surface area (Å²) in [6.45, 7) is 1.94. The monoisotopic (exact) mass is 344 g/mol. The number of hydrogen-bond acceptors (Lipinski definition) is 5. The van der Waals surface area contributed by atoms with Gasteiger partial charge < -0.3 is 5.32 Å². The first-order valence-corrected chi connectivity index (χ1v) is 8.12. The maximum atomic E-state index is 11.8. The Hall–Kier alpha value is -3.61. The fourth-order valence-electron chi connectivity index (χ4n) is 2.78. The third-order valence-electron chi connectivity index (χ3n) is 4.09. The lowest BCUT2D eigenvalue weighted by atomic mass is 10.1. The van der Waals surface area contributed by atoms with Gasteiger partial charge in [0.1, 0.15) is 0 Å². The smallest absolute Gasteiger partial charge is 0.252 e. The summed E-state index contributed by atoms with van der Waals surface area (Å²) >= 11 is 0. The van der Waals surface area contributed by atoms with Crippen molar-refractivity contribution in [3.63, 3.8) is 0 Å². The van der Waals surface area contributed by atoms with Crippen LogP contribution >= 0.6 is 0 Å². The van der Waals surface area contributed by atoms with Crippen LogP contribution < -0.4 is 5.32 Å². The second kappa shape index (κ2) is 6.36. The Morgan fingerprint density at radius 2 is 1.92 bits per heavy atom. The van der Waals surface area contributed by atoms with Crippen LogP contribution in [0.4, 0.5) is 0 Å². The number of nitrogens with one attached hydrogen (secondary N) is 2. The van der Waals surface area contributed by atoms with Gasteiger partial charge in [-0.05, 0) is 37.3 Å². The van der Waals surface area contributed by atoms with Crippen LogP contribution in [0.2, 0.25) is 0 Å². The van der Waals surface area contributed by atoms with Crippen LogP contribution in [0.15, 0.2) is 48.8 Å². The third-order valence-corrected chi connectivity index (χ3v) is 4.09. The van der Waals surface area contributed by atoms with E-state index in [1.165, 1.54) is 0 Å². The van der Waals surface area contributed by atoms with Crippen molar-refractivity contribution < 1.29 is 4.79 Å². The predicted octanol–water partition coefficient (Wildman–Crippen LogP) is 2.75. The van der Waals surface area contributed by atoms with Crippen molar-refractivity contribution in [1.82, 2.24) is 30.5 Å². The van der Waals surface area contributed by atoms with E-state index in [0.29, 0.717) is 11.1 Å². The van der Waals surface area contributed by atoms with Gasteiger partial charge in [-0.25, -0.2) is 4.98 Å². The van der Waals surface area contributed by atoms with Gasteiger partial charge in [-0.3, -0.25) is 19.9 Å². The van der Waals surface area contributed by atoms with E-state index < -0.39 is 0 Å². The molecular formula is C19H16N6O. The fraction of sp³-hybridized carbons (Fsp3) is 0.105. The Labute approximate surface area is 149 Å². The molecular weight excluding hydrogens is 328 g/mol. The topological polar surface area (TPSA) is 96.5 Å². The average Bonchev–Trinajstić information content (AvgIpc) is 3.16. The van der Waals surface area contributed by atoms with E-state index in [0.717, 1.165) is 33.9 Å². The minimum absolute atomic E-state index is 0.195. The second-order valence-electron chi connectivity index (χ2n) is 5.86. The van der Waals surface area contributed by atoms with Gasteiger partial charge in [0, 0.05) is 24.5 Å². The molecule has 0 spiro atoms. The number of amides is 1. The molecule has 0 unspecified atom stereocenters. The number of H-pyrrole nitrogens is 1. The summed E-state index contributed by atoms with van der Waals surface area (Å²) in [5, 5.41) is 9.76. The highest BCUT2D eigenvalue weighted by molar-refractivity contribution is 5.96. The Morgan fingerprint density at radius 3 is 2.73 bits per heavy atom. The minimum atomic E-state index is -0.195. The van der Waals surface area contributed by atoms with Crippen molar-refractivity contribution in [3.8, 4) is 22.6 Å². The number of aromatic nitrogens is 5. The van der Waals surface area contributed by atoms with Gasteiger partial charge in [0.2, 0.25) is 0 Å². The number of rotatable bonds is 3. The standard InChI is InChI=1S/C19H16N6O/c1-11-4-3-5-16(23-11)18-13(10-22-25-18)14-6-7-15-17(24-14)8-12(9-21-15)19(26)20-2/h3-10H,1-2H3,(H,20,26)(H,22,25). The summed E-state index contributed by atoms with van der Waals surface area (Å²) in [4.78, 5) is 25.4. The summed E-state index contributed by atoms with van der Waals surface area (Å²) < 4.78 is 0. The molecule has 4 rings (SSSR count). The molecule has 0 aliphatic carbocycles. The molecule has 4 heterocycles. The molecule has 0 atom stereocenters. The molecule has 4 aromatic heterocycles. The Balaban J connectivity index is 1.83. The van der Waals surface area contributed by atoms with Crippen LogP contribution in [-0.2, 0) is 0 Å². The molecule has 4 aromatic rings. The summed E-state index contributed by atoms with van der Waals surface area (Å²) in [5.74, 6) is -0.195. The molecule has 2 N–H and O–H groups in total. The average molecular weight is 344 g/mol. The van der Waals surface area contributed by atoms with Crippen molar-refractivity contribution in [1.29, 1.82) is 0 Å². The molecule has 0 aliphatic heterocycles. The van der Waals surface area contributed by atoms with Crippen molar-refractivity contribution in [2.75, 3.05) is 7.05 Å². The zero-order valence-corrected chi connectivity index (χ0v) is 14.3.